The van der Waals surface area contributed by atoms with E-state index >= 15 is 0 Å². The van der Waals surface area contributed by atoms with E-state index in [1.165, 1.54) is 0 Å². The van der Waals surface area contributed by atoms with Crippen LogP contribution in [-0.2, 0) is 4.79 Å². The van der Waals surface area contributed by atoms with Crippen LogP contribution >= 0.6 is 11.6 Å². The number of carbonyl (C=O) groups excluding carboxylic acids is 1. The lowest BCUT2D eigenvalue weighted by Gasteiger charge is -2.15. The first-order chi connectivity index (χ1) is 9.54. The average Bonchev–Trinajstić information content (AvgIpc) is 2.41. The highest BCUT2D eigenvalue weighted by molar-refractivity contribution is 6.30. The Balaban J connectivity index is 1.96. The predicted octanol–water partition coefficient (Wildman–Crippen LogP) is 4.05. The number of amides is 1. The summed E-state index contributed by atoms with van der Waals surface area (Å²) in [7, 11) is 0. The molecule has 1 amide bonds. The van der Waals surface area contributed by atoms with E-state index in [1.807, 2.05) is 31.2 Å². The van der Waals surface area contributed by atoms with Gasteiger partial charge in [-0.3, -0.25) is 4.79 Å². The van der Waals surface area contributed by atoms with E-state index in [0.717, 1.165) is 5.56 Å². The summed E-state index contributed by atoms with van der Waals surface area (Å²) in [5, 5.41) is 3.34. The van der Waals surface area contributed by atoms with E-state index in [-0.39, 0.29) is 5.91 Å². The van der Waals surface area contributed by atoms with Crippen molar-refractivity contribution < 1.29 is 9.53 Å². The second-order valence-electron chi connectivity index (χ2n) is 4.57. The molecule has 2 rings (SSSR count). The van der Waals surface area contributed by atoms with Crippen LogP contribution in [0.3, 0.4) is 0 Å². The van der Waals surface area contributed by atoms with Gasteiger partial charge in [-0.05, 0) is 44.2 Å². The van der Waals surface area contributed by atoms with E-state index in [9.17, 15) is 4.79 Å². The fourth-order valence-electron chi connectivity index (χ4n) is 1.68. The summed E-state index contributed by atoms with van der Waals surface area (Å²) >= 11 is 5.87. The molecule has 2 aromatic rings. The minimum absolute atomic E-state index is 0.215. The molecule has 0 heterocycles. The molecule has 0 saturated carbocycles. The molecule has 104 valence electrons. The largest absolute Gasteiger partial charge is 0.481 e. The van der Waals surface area contributed by atoms with Gasteiger partial charge in [0.15, 0.2) is 6.10 Å². The van der Waals surface area contributed by atoms with Crippen molar-refractivity contribution in [3.8, 4) is 5.75 Å². The zero-order chi connectivity index (χ0) is 14.5. The lowest BCUT2D eigenvalue weighted by atomic mass is 10.2. The number of nitrogens with one attached hydrogen (secondary N) is 1. The Morgan fingerprint density at radius 1 is 1.20 bits per heavy atom. The number of halogens is 1. The van der Waals surface area contributed by atoms with Crippen LogP contribution in [0.2, 0.25) is 5.02 Å². The standard InChI is InChI=1S/C16H16ClNO2/c1-11-6-8-15(9-7-11)20-12(2)16(19)18-14-5-3-4-13(17)10-14/h3-10,12H,1-2H3,(H,18,19)/t12-/m1/s1. The van der Waals surface area contributed by atoms with E-state index in [4.69, 9.17) is 16.3 Å². The highest BCUT2D eigenvalue weighted by Gasteiger charge is 2.14. The monoisotopic (exact) mass is 289 g/mol. The third-order valence-corrected chi connectivity index (χ3v) is 3.03. The first-order valence-electron chi connectivity index (χ1n) is 6.34. The molecule has 0 aliphatic carbocycles. The molecule has 1 atom stereocenters. The van der Waals surface area contributed by atoms with Gasteiger partial charge in [-0.25, -0.2) is 0 Å². The highest BCUT2D eigenvalue weighted by atomic mass is 35.5. The van der Waals surface area contributed by atoms with Crippen LogP contribution in [0.5, 0.6) is 5.75 Å². The summed E-state index contributed by atoms with van der Waals surface area (Å²) in [5.41, 5.74) is 1.80. The summed E-state index contributed by atoms with van der Waals surface area (Å²) in [6, 6.07) is 14.6. The fraction of sp³-hybridized carbons (Fsp3) is 0.188. The van der Waals surface area contributed by atoms with Gasteiger partial charge in [0.1, 0.15) is 5.75 Å². The summed E-state index contributed by atoms with van der Waals surface area (Å²) in [6.45, 7) is 3.71. The highest BCUT2D eigenvalue weighted by Crippen LogP contribution is 2.17. The summed E-state index contributed by atoms with van der Waals surface area (Å²) in [5.74, 6) is 0.456. The van der Waals surface area contributed by atoms with E-state index in [0.29, 0.717) is 16.5 Å². The molecule has 0 aliphatic heterocycles. The zero-order valence-corrected chi connectivity index (χ0v) is 12.1. The van der Waals surface area contributed by atoms with Crippen molar-refractivity contribution in [2.45, 2.75) is 20.0 Å². The molecule has 1 N–H and O–H groups in total. The molecular formula is C16H16ClNO2. The normalized spacial score (nSPS) is 11.8. The van der Waals surface area contributed by atoms with E-state index < -0.39 is 6.10 Å². The maximum atomic E-state index is 12.0. The van der Waals surface area contributed by atoms with Crippen molar-refractivity contribution in [1.82, 2.24) is 0 Å². The molecule has 2 aromatic carbocycles. The minimum atomic E-state index is -0.586. The van der Waals surface area contributed by atoms with Crippen LogP contribution in [-0.4, -0.2) is 12.0 Å². The van der Waals surface area contributed by atoms with Crippen molar-refractivity contribution in [3.05, 3.63) is 59.1 Å². The van der Waals surface area contributed by atoms with Gasteiger partial charge in [0.05, 0.1) is 0 Å². The lowest BCUT2D eigenvalue weighted by Crippen LogP contribution is -2.30. The van der Waals surface area contributed by atoms with Crippen molar-refractivity contribution in [2.24, 2.45) is 0 Å². The Kier molecular flexibility index (Phi) is 4.64. The Bertz CT molecular complexity index is 596. The molecule has 0 bridgehead atoms. The Morgan fingerprint density at radius 2 is 1.90 bits per heavy atom. The van der Waals surface area contributed by atoms with Gasteiger partial charge >= 0.3 is 0 Å². The van der Waals surface area contributed by atoms with Gasteiger partial charge in [0.2, 0.25) is 0 Å². The molecule has 0 aliphatic rings. The van der Waals surface area contributed by atoms with Crippen LogP contribution in [0, 0.1) is 6.92 Å². The number of anilines is 1. The quantitative estimate of drug-likeness (QED) is 0.922. The van der Waals surface area contributed by atoms with Crippen molar-refractivity contribution in [2.75, 3.05) is 5.32 Å². The lowest BCUT2D eigenvalue weighted by molar-refractivity contribution is -0.122. The second kappa shape index (κ2) is 6.44. The Labute approximate surface area is 123 Å². The average molecular weight is 290 g/mol. The van der Waals surface area contributed by atoms with Gasteiger partial charge in [-0.2, -0.15) is 0 Å². The van der Waals surface area contributed by atoms with Crippen LogP contribution in [0.15, 0.2) is 48.5 Å². The maximum absolute atomic E-state index is 12.0. The fourth-order valence-corrected chi connectivity index (χ4v) is 1.87. The first-order valence-corrected chi connectivity index (χ1v) is 6.72. The van der Waals surface area contributed by atoms with Gasteiger partial charge in [-0.15, -0.1) is 0 Å². The number of aryl methyl sites for hydroxylation is 1. The topological polar surface area (TPSA) is 38.3 Å². The maximum Gasteiger partial charge on any atom is 0.265 e. The summed E-state index contributed by atoms with van der Waals surface area (Å²) in [4.78, 5) is 12.0. The summed E-state index contributed by atoms with van der Waals surface area (Å²) in [6.07, 6.45) is -0.586. The number of ether oxygens (including phenoxy) is 1. The van der Waals surface area contributed by atoms with Crippen molar-refractivity contribution in [3.63, 3.8) is 0 Å². The van der Waals surface area contributed by atoms with Gasteiger partial charge < -0.3 is 10.1 Å². The van der Waals surface area contributed by atoms with Gasteiger partial charge in [-0.1, -0.05) is 35.4 Å². The molecule has 0 radical (unpaired) electrons. The molecule has 0 unspecified atom stereocenters. The molecule has 0 spiro atoms. The molecule has 0 aromatic heterocycles. The van der Waals surface area contributed by atoms with Crippen molar-refractivity contribution >= 4 is 23.2 Å². The van der Waals surface area contributed by atoms with Gasteiger partial charge in [0.25, 0.3) is 5.91 Å². The number of hydrogen-bond acceptors (Lipinski definition) is 2. The Morgan fingerprint density at radius 3 is 2.55 bits per heavy atom. The Hall–Kier alpha value is -2.00. The second-order valence-corrected chi connectivity index (χ2v) is 5.01. The third kappa shape index (κ3) is 4.00. The molecule has 3 nitrogen and oxygen atoms in total. The predicted molar refractivity (Wildman–Crippen MR) is 81.4 cm³/mol. The van der Waals surface area contributed by atoms with Crippen LogP contribution < -0.4 is 10.1 Å². The van der Waals surface area contributed by atoms with E-state index in [1.54, 1.807) is 31.2 Å². The van der Waals surface area contributed by atoms with Gasteiger partial charge in [0, 0.05) is 10.7 Å². The molecule has 20 heavy (non-hydrogen) atoms. The minimum Gasteiger partial charge on any atom is -0.481 e. The smallest absolute Gasteiger partial charge is 0.265 e. The number of rotatable bonds is 4. The van der Waals surface area contributed by atoms with Crippen LogP contribution in [0.4, 0.5) is 5.69 Å². The number of benzene rings is 2. The number of carbonyl (C=O) groups is 1. The number of hydrogen-bond donors (Lipinski definition) is 1. The SMILES string of the molecule is Cc1ccc(O[C@H](C)C(=O)Nc2cccc(Cl)c2)cc1. The van der Waals surface area contributed by atoms with Crippen molar-refractivity contribution in [1.29, 1.82) is 0 Å². The molecule has 4 heteroatoms. The van der Waals surface area contributed by atoms with Crippen LogP contribution in [0.25, 0.3) is 0 Å². The molecule has 0 fully saturated rings. The first kappa shape index (κ1) is 14.4. The summed E-state index contributed by atoms with van der Waals surface area (Å²) < 4.78 is 5.59. The molecule has 0 saturated heterocycles. The molecular weight excluding hydrogens is 274 g/mol. The third-order valence-electron chi connectivity index (χ3n) is 2.80. The van der Waals surface area contributed by atoms with E-state index in [2.05, 4.69) is 5.32 Å². The van der Waals surface area contributed by atoms with Crippen LogP contribution in [0.1, 0.15) is 12.5 Å². The zero-order valence-electron chi connectivity index (χ0n) is 11.4.